The molecule has 4 heterocycles. The molecule has 2 aromatic heterocycles. The molecule has 1 fully saturated rings. The monoisotopic (exact) mass is 844 g/mol. The van der Waals surface area contributed by atoms with E-state index in [2.05, 4.69) is 52.8 Å². The Hall–Kier alpha value is -6.34. The standard InChI is InChI=1S/C50H52N6O5Si/c1-33-48(62(3,4)39-22-20-38(60-2)21-23-39)46(25-26-55-31-44(53-54-55)41(32-57)35-15-9-6-10-16-35)61-50(33)42-28-37(52-47(58)27-36-29-51-43-18-12-11-17-40(36)43)19-24-45(42)56(49(50)59)30-34-13-7-5-8-14-34/h5-24,28-29,31,33,41,46,48,51,57H,25-27,30,32H2,1-4H3,(H,52,58)/t33-,41?,46+,48-,50+/m0/s1. The van der Waals surface area contributed by atoms with Gasteiger partial charge in [0.15, 0.2) is 5.60 Å². The number of H-pyrrole nitrogens is 1. The fourth-order valence-corrected chi connectivity index (χ4v) is 14.2. The maximum Gasteiger partial charge on any atom is 0.264 e. The molecule has 2 aliphatic heterocycles. The molecule has 11 nitrogen and oxygen atoms in total. The molecule has 2 amide bonds. The van der Waals surface area contributed by atoms with Crippen LogP contribution in [0, 0.1) is 5.92 Å². The molecule has 5 atom stereocenters. The number of hydrogen-bond donors (Lipinski definition) is 3. The van der Waals surface area contributed by atoms with Crippen molar-refractivity contribution >= 4 is 47.4 Å². The van der Waals surface area contributed by atoms with Crippen LogP contribution in [0.25, 0.3) is 10.9 Å². The number of nitrogens with one attached hydrogen (secondary N) is 2. The van der Waals surface area contributed by atoms with Crippen LogP contribution in [0.5, 0.6) is 5.75 Å². The zero-order chi connectivity index (χ0) is 43.0. The van der Waals surface area contributed by atoms with Crippen LogP contribution in [0.1, 0.15) is 47.2 Å². The van der Waals surface area contributed by atoms with Gasteiger partial charge in [0.25, 0.3) is 5.91 Å². The van der Waals surface area contributed by atoms with Crippen LogP contribution in [0.2, 0.25) is 18.6 Å². The highest BCUT2D eigenvalue weighted by atomic mass is 28.3. The maximum absolute atomic E-state index is 15.5. The predicted octanol–water partition coefficient (Wildman–Crippen LogP) is 7.93. The number of hydrogen-bond acceptors (Lipinski definition) is 7. The number of aliphatic hydroxyl groups excluding tert-OH is 1. The van der Waals surface area contributed by atoms with E-state index in [9.17, 15) is 9.90 Å². The van der Waals surface area contributed by atoms with Crippen molar-refractivity contribution in [3.8, 4) is 5.75 Å². The number of amides is 2. The van der Waals surface area contributed by atoms with E-state index < -0.39 is 13.7 Å². The van der Waals surface area contributed by atoms with Crippen molar-refractivity contribution in [3.05, 3.63) is 168 Å². The Kier molecular flexibility index (Phi) is 11.1. The van der Waals surface area contributed by atoms with Crippen LogP contribution >= 0.6 is 0 Å². The molecule has 1 spiro atoms. The lowest BCUT2D eigenvalue weighted by Gasteiger charge is -2.37. The quantitative estimate of drug-likeness (QED) is 0.0948. The van der Waals surface area contributed by atoms with Gasteiger partial charge in [-0.2, -0.15) is 0 Å². The number of fused-ring (bicyclic) bond motifs is 3. The number of nitrogens with zero attached hydrogens (tertiary/aromatic N) is 4. The van der Waals surface area contributed by atoms with Crippen molar-refractivity contribution in [1.82, 2.24) is 20.0 Å². The van der Waals surface area contributed by atoms with Crippen molar-refractivity contribution in [2.45, 2.75) is 69.1 Å². The first-order valence-corrected chi connectivity index (χ1v) is 24.4. The number of ether oxygens (including phenoxy) is 2. The van der Waals surface area contributed by atoms with Gasteiger partial charge in [0.2, 0.25) is 5.91 Å². The third-order valence-electron chi connectivity index (χ3n) is 13.3. The largest absolute Gasteiger partial charge is 0.497 e. The molecular formula is C50H52N6O5Si. The second kappa shape index (κ2) is 16.8. The number of aromatic amines is 1. The van der Waals surface area contributed by atoms with E-state index in [1.807, 2.05) is 137 Å². The number of para-hydroxylation sites is 1. The van der Waals surface area contributed by atoms with Crippen LogP contribution in [0.4, 0.5) is 11.4 Å². The molecule has 9 rings (SSSR count). The molecule has 2 aliphatic rings. The van der Waals surface area contributed by atoms with Crippen molar-refractivity contribution in [2.24, 2.45) is 5.92 Å². The summed E-state index contributed by atoms with van der Waals surface area (Å²) in [5.41, 5.74) is 5.37. The van der Waals surface area contributed by atoms with Crippen molar-refractivity contribution in [3.63, 3.8) is 0 Å². The van der Waals surface area contributed by atoms with E-state index in [1.165, 1.54) is 5.19 Å². The van der Waals surface area contributed by atoms with Gasteiger partial charge >= 0.3 is 0 Å². The van der Waals surface area contributed by atoms with E-state index in [1.54, 1.807) is 7.11 Å². The number of methoxy groups -OCH3 is 1. The van der Waals surface area contributed by atoms with E-state index in [-0.39, 0.29) is 48.3 Å². The van der Waals surface area contributed by atoms with Crippen LogP contribution in [0.3, 0.4) is 0 Å². The molecule has 0 bridgehead atoms. The second-order valence-corrected chi connectivity index (χ2v) is 21.9. The number of aliphatic hydroxyl groups is 1. The molecule has 1 saturated heterocycles. The van der Waals surface area contributed by atoms with E-state index in [0.29, 0.717) is 30.9 Å². The van der Waals surface area contributed by atoms with Crippen molar-refractivity contribution in [1.29, 1.82) is 0 Å². The Balaban J connectivity index is 1.08. The molecule has 1 unspecified atom stereocenters. The minimum Gasteiger partial charge on any atom is -0.497 e. The smallest absolute Gasteiger partial charge is 0.264 e. The molecule has 12 heteroatoms. The molecule has 5 aromatic carbocycles. The van der Waals surface area contributed by atoms with Crippen molar-refractivity contribution < 1.29 is 24.2 Å². The first kappa shape index (κ1) is 41.0. The number of benzene rings is 5. The highest BCUT2D eigenvalue weighted by Crippen LogP contribution is 2.60. The Morgan fingerprint density at radius 2 is 1.69 bits per heavy atom. The summed E-state index contributed by atoms with van der Waals surface area (Å²) in [5, 5.41) is 24.8. The highest BCUT2D eigenvalue weighted by molar-refractivity contribution is 6.91. The summed E-state index contributed by atoms with van der Waals surface area (Å²) in [5.74, 6) is -0.0122. The molecule has 316 valence electrons. The molecule has 0 aliphatic carbocycles. The lowest BCUT2D eigenvalue weighted by molar-refractivity contribution is -0.146. The minimum atomic E-state index is -2.45. The number of carbonyl (C=O) groups is 2. The number of carbonyl (C=O) groups excluding carboxylic acids is 2. The number of rotatable bonds is 14. The molecule has 0 radical (unpaired) electrons. The van der Waals surface area contributed by atoms with E-state index in [4.69, 9.17) is 9.47 Å². The number of aromatic nitrogens is 4. The van der Waals surface area contributed by atoms with Gasteiger partial charge in [-0.05, 0) is 65.1 Å². The SMILES string of the molecule is COc1ccc([Si](C)(C)[C@@H]2[C@@H](CCn3cc(C(CO)c4ccccc4)nn3)O[C@]3(C(=O)N(Cc4ccccc4)c4ccc(NC(=O)Cc5c[nH]c6ccccc56)cc43)[C@H]2C)cc1. The summed E-state index contributed by atoms with van der Waals surface area (Å²) in [6, 6.07) is 42.0. The Bertz CT molecular complexity index is 2700. The Morgan fingerprint density at radius 3 is 2.44 bits per heavy atom. The summed E-state index contributed by atoms with van der Waals surface area (Å²) in [6.45, 7) is 7.70. The van der Waals surface area contributed by atoms with Gasteiger partial charge < -0.3 is 29.8 Å². The lowest BCUT2D eigenvalue weighted by atomic mass is 9.82. The molecule has 0 saturated carbocycles. The van der Waals surface area contributed by atoms with Crippen LogP contribution in [-0.4, -0.2) is 64.8 Å². The zero-order valence-corrected chi connectivity index (χ0v) is 36.5. The topological polar surface area (TPSA) is 135 Å². The summed E-state index contributed by atoms with van der Waals surface area (Å²) in [7, 11) is -0.779. The molecule has 7 aromatic rings. The molecule has 62 heavy (non-hydrogen) atoms. The van der Waals surface area contributed by atoms with Gasteiger partial charge in [0, 0.05) is 47.0 Å². The molecular weight excluding hydrogens is 793 g/mol. The van der Waals surface area contributed by atoms with Crippen LogP contribution in [-0.2, 0) is 39.4 Å². The van der Waals surface area contributed by atoms with E-state index in [0.717, 1.165) is 44.6 Å². The highest BCUT2D eigenvalue weighted by Gasteiger charge is 2.66. The first-order valence-electron chi connectivity index (χ1n) is 21.3. The fourth-order valence-electron chi connectivity index (χ4n) is 10.1. The van der Waals surface area contributed by atoms with Gasteiger partial charge in [-0.15, -0.1) is 5.10 Å². The zero-order valence-electron chi connectivity index (χ0n) is 35.5. The van der Waals surface area contributed by atoms with Gasteiger partial charge in [-0.3, -0.25) is 14.3 Å². The summed E-state index contributed by atoms with van der Waals surface area (Å²) < 4.78 is 14.8. The number of anilines is 2. The van der Waals surface area contributed by atoms with Gasteiger partial charge in [0.05, 0.1) is 58.2 Å². The van der Waals surface area contributed by atoms with Crippen LogP contribution < -0.4 is 20.1 Å². The average Bonchev–Trinajstić information content (AvgIpc) is 4.06. The fraction of sp³-hybridized carbons (Fsp3) is 0.280. The van der Waals surface area contributed by atoms with Gasteiger partial charge in [0.1, 0.15) is 5.75 Å². The van der Waals surface area contributed by atoms with Gasteiger partial charge in [-0.25, -0.2) is 0 Å². The summed E-state index contributed by atoms with van der Waals surface area (Å²) in [4.78, 5) is 34.3. The minimum absolute atomic E-state index is 0.0120. The lowest BCUT2D eigenvalue weighted by Crippen LogP contribution is -2.51. The van der Waals surface area contributed by atoms with E-state index >= 15 is 4.79 Å². The average molecular weight is 845 g/mol. The third kappa shape index (κ3) is 7.41. The van der Waals surface area contributed by atoms with Crippen molar-refractivity contribution in [2.75, 3.05) is 23.9 Å². The summed E-state index contributed by atoms with van der Waals surface area (Å²) in [6.07, 6.45) is 4.23. The summed E-state index contributed by atoms with van der Waals surface area (Å²) >= 11 is 0. The third-order valence-corrected chi connectivity index (χ3v) is 17.6. The maximum atomic E-state index is 15.5. The second-order valence-electron chi connectivity index (χ2n) is 17.2. The Morgan fingerprint density at radius 1 is 0.968 bits per heavy atom. The predicted molar refractivity (Wildman–Crippen MR) is 244 cm³/mol. The van der Waals surface area contributed by atoms with Crippen LogP contribution in [0.15, 0.2) is 140 Å². The Labute approximate surface area is 362 Å². The first-order chi connectivity index (χ1) is 30.1. The molecule has 3 N–H and O–H groups in total. The number of aryl methyl sites for hydroxylation is 1. The van der Waals surface area contributed by atoms with Gasteiger partial charge in [-0.1, -0.05) is 121 Å². The normalized spacial score (nSPS) is 20.2.